The van der Waals surface area contributed by atoms with Crippen molar-refractivity contribution in [2.75, 3.05) is 47.5 Å². The summed E-state index contributed by atoms with van der Waals surface area (Å²) in [4.78, 5) is 27.5. The van der Waals surface area contributed by atoms with Crippen LogP contribution in [0.3, 0.4) is 0 Å². The summed E-state index contributed by atoms with van der Waals surface area (Å²) < 4.78 is 44.5. The third kappa shape index (κ3) is 5.75. The first kappa shape index (κ1) is 22.9. The van der Waals surface area contributed by atoms with Gasteiger partial charge in [-0.15, -0.1) is 0 Å². The zero-order valence-corrected chi connectivity index (χ0v) is 18.5. The molecule has 10 heteroatoms. The summed E-state index contributed by atoms with van der Waals surface area (Å²) >= 11 is 0. The second-order valence-corrected chi connectivity index (χ2v) is 9.41. The van der Waals surface area contributed by atoms with E-state index in [2.05, 4.69) is 5.32 Å². The van der Waals surface area contributed by atoms with Gasteiger partial charge in [-0.25, -0.2) is 13.6 Å². The van der Waals surface area contributed by atoms with Gasteiger partial charge < -0.3 is 15.0 Å². The lowest BCUT2D eigenvalue weighted by molar-refractivity contribution is -0.116. The lowest BCUT2D eigenvalue weighted by Crippen LogP contribution is -2.38. The first-order chi connectivity index (χ1) is 15.9. The second-order valence-electron chi connectivity index (χ2n) is 7.72. The van der Waals surface area contributed by atoms with Crippen molar-refractivity contribution in [1.82, 2.24) is 5.32 Å². The Hall–Kier alpha value is -3.27. The predicted octanol–water partition coefficient (Wildman–Crippen LogP) is 2.69. The van der Waals surface area contributed by atoms with Crippen LogP contribution >= 0.6 is 0 Å². The molecule has 2 aromatic rings. The van der Waals surface area contributed by atoms with Crippen molar-refractivity contribution in [3.8, 4) is 0 Å². The Kier molecular flexibility index (Phi) is 7.02. The maximum atomic E-state index is 14.7. The molecule has 2 aromatic carbocycles. The van der Waals surface area contributed by atoms with E-state index in [4.69, 9.17) is 4.74 Å². The third-order valence-corrected chi connectivity index (χ3v) is 6.71. The number of hydrogen-bond acceptors (Lipinski definition) is 5. The van der Waals surface area contributed by atoms with Crippen molar-refractivity contribution >= 4 is 40.3 Å². The molecule has 0 aliphatic carbocycles. The van der Waals surface area contributed by atoms with E-state index in [9.17, 15) is 22.6 Å². The Morgan fingerprint density at radius 3 is 2.58 bits per heavy atom. The molecule has 33 heavy (non-hydrogen) atoms. The molecule has 2 fully saturated rings. The van der Waals surface area contributed by atoms with Crippen LogP contribution < -0.4 is 15.1 Å². The molecule has 2 aliphatic heterocycles. The number of halogens is 2. The van der Waals surface area contributed by atoms with Gasteiger partial charge in [0.2, 0.25) is 5.91 Å². The van der Waals surface area contributed by atoms with Crippen molar-refractivity contribution in [2.24, 2.45) is 0 Å². The number of carbonyl (C=O) groups excluding carboxylic acids is 2. The van der Waals surface area contributed by atoms with E-state index in [0.717, 1.165) is 0 Å². The average molecular weight is 476 g/mol. The highest BCUT2D eigenvalue weighted by atomic mass is 32.2. The number of nitrogens with zero attached hydrogens (tertiary/aromatic N) is 2. The second kappa shape index (κ2) is 10.1. The van der Waals surface area contributed by atoms with Crippen molar-refractivity contribution in [3.05, 3.63) is 65.7 Å². The summed E-state index contributed by atoms with van der Waals surface area (Å²) in [5.41, 5.74) is 1.46. The molecule has 1 N–H and O–H groups in total. The zero-order chi connectivity index (χ0) is 23.4. The van der Waals surface area contributed by atoms with E-state index in [1.165, 1.54) is 29.2 Å². The van der Waals surface area contributed by atoms with E-state index < -0.39 is 28.8 Å². The van der Waals surface area contributed by atoms with E-state index in [1.807, 2.05) is 4.90 Å². The molecule has 0 saturated carbocycles. The van der Waals surface area contributed by atoms with Crippen LogP contribution in [0, 0.1) is 11.6 Å². The zero-order valence-electron chi connectivity index (χ0n) is 17.7. The molecule has 0 bridgehead atoms. The van der Waals surface area contributed by atoms with E-state index in [1.54, 1.807) is 30.3 Å². The van der Waals surface area contributed by atoms with Crippen molar-refractivity contribution < 1.29 is 27.3 Å². The van der Waals surface area contributed by atoms with Crippen LogP contribution in [0.15, 0.2) is 48.5 Å². The highest BCUT2D eigenvalue weighted by molar-refractivity contribution is 7.85. The molecule has 1 atom stereocenters. The van der Waals surface area contributed by atoms with Crippen LogP contribution in [0.5, 0.6) is 0 Å². The molecular formula is C23H23F2N3O4S. The average Bonchev–Trinajstić information content (AvgIpc) is 3.18. The Morgan fingerprint density at radius 1 is 1.15 bits per heavy atom. The number of rotatable bonds is 6. The molecule has 0 unspecified atom stereocenters. The van der Waals surface area contributed by atoms with Crippen LogP contribution in [-0.4, -0.2) is 60.0 Å². The largest absolute Gasteiger partial charge is 0.442 e. The summed E-state index contributed by atoms with van der Waals surface area (Å²) in [5, 5.41) is 2.66. The van der Waals surface area contributed by atoms with E-state index in [-0.39, 0.29) is 24.8 Å². The van der Waals surface area contributed by atoms with Gasteiger partial charge in [0.15, 0.2) is 0 Å². The number of ether oxygens (including phenoxy) is 1. The number of carbonyl (C=O) groups is 2. The van der Waals surface area contributed by atoms with E-state index >= 15 is 0 Å². The molecule has 0 spiro atoms. The van der Waals surface area contributed by atoms with Crippen molar-refractivity contribution in [1.29, 1.82) is 0 Å². The molecule has 2 amide bonds. The number of hydrogen-bond donors (Lipinski definition) is 1. The van der Waals surface area contributed by atoms with Crippen LogP contribution in [0.2, 0.25) is 0 Å². The molecule has 0 aromatic heterocycles. The Balaban J connectivity index is 1.31. The Bertz CT molecular complexity index is 1080. The van der Waals surface area contributed by atoms with Gasteiger partial charge in [0.05, 0.1) is 24.5 Å². The van der Waals surface area contributed by atoms with E-state index in [0.29, 0.717) is 41.5 Å². The monoisotopic (exact) mass is 475 g/mol. The summed E-state index contributed by atoms with van der Waals surface area (Å²) in [5.74, 6) is -0.191. The van der Waals surface area contributed by atoms with Crippen molar-refractivity contribution in [2.45, 2.75) is 6.10 Å². The number of benzene rings is 2. The fourth-order valence-corrected chi connectivity index (χ4v) is 4.71. The summed E-state index contributed by atoms with van der Waals surface area (Å²) in [7, 11) is -0.856. The quantitative estimate of drug-likeness (QED) is 0.650. The third-order valence-electron chi connectivity index (χ3n) is 5.44. The van der Waals surface area contributed by atoms with Gasteiger partial charge in [0, 0.05) is 41.5 Å². The van der Waals surface area contributed by atoms with Crippen LogP contribution in [0.1, 0.15) is 5.56 Å². The molecule has 174 valence electrons. The highest BCUT2D eigenvalue weighted by Gasteiger charge is 2.33. The first-order valence-corrected chi connectivity index (χ1v) is 12.0. The molecule has 2 saturated heterocycles. The van der Waals surface area contributed by atoms with Gasteiger partial charge in [-0.1, -0.05) is 12.1 Å². The minimum atomic E-state index is -0.856. The maximum absolute atomic E-state index is 14.7. The van der Waals surface area contributed by atoms with Gasteiger partial charge >= 0.3 is 6.09 Å². The minimum Gasteiger partial charge on any atom is -0.442 e. The summed E-state index contributed by atoms with van der Waals surface area (Å²) in [6.07, 6.45) is 1.66. The smallest absolute Gasteiger partial charge is 0.414 e. The molecular weight excluding hydrogens is 452 g/mol. The molecule has 2 heterocycles. The predicted molar refractivity (Wildman–Crippen MR) is 123 cm³/mol. The fourth-order valence-electron chi connectivity index (χ4n) is 3.66. The van der Waals surface area contributed by atoms with Crippen LogP contribution in [0.4, 0.5) is 25.0 Å². The van der Waals surface area contributed by atoms with Gasteiger partial charge in [-0.2, -0.15) is 0 Å². The number of anilines is 2. The maximum Gasteiger partial charge on any atom is 0.414 e. The summed E-state index contributed by atoms with van der Waals surface area (Å²) in [6, 6.07) is 10.2. The molecule has 7 nitrogen and oxygen atoms in total. The lowest BCUT2D eigenvalue weighted by Gasteiger charge is -2.29. The fraction of sp³-hybridized carbons (Fsp3) is 0.304. The standard InChI is InChI=1S/C23H23F2N3O4S/c24-17-4-1-16(2-5-17)3-8-22(29)26-14-19-15-28(23(30)32-19)18-6-7-21(20(25)13-18)27-9-11-33(31)12-10-27/h1-8,13,19H,9-12,14-15H2,(H,26,29)/b8-3+/t19-/m0/s1. The van der Waals surface area contributed by atoms with Crippen molar-refractivity contribution in [3.63, 3.8) is 0 Å². The topological polar surface area (TPSA) is 79.0 Å². The Morgan fingerprint density at radius 2 is 1.88 bits per heavy atom. The minimum absolute atomic E-state index is 0.0975. The van der Waals surface area contributed by atoms with Gasteiger partial charge in [-0.05, 0) is 42.0 Å². The Labute approximate surface area is 192 Å². The number of nitrogens with one attached hydrogen (secondary N) is 1. The molecule has 4 rings (SSSR count). The van der Waals surface area contributed by atoms with Crippen LogP contribution in [-0.2, 0) is 20.3 Å². The lowest BCUT2D eigenvalue weighted by atomic mass is 10.2. The summed E-state index contributed by atoms with van der Waals surface area (Å²) in [6.45, 7) is 1.31. The van der Waals surface area contributed by atoms with Gasteiger partial charge in [0.1, 0.15) is 17.7 Å². The highest BCUT2D eigenvalue weighted by Crippen LogP contribution is 2.28. The van der Waals surface area contributed by atoms with Gasteiger partial charge in [-0.3, -0.25) is 13.9 Å². The van der Waals surface area contributed by atoms with Gasteiger partial charge in [0.25, 0.3) is 0 Å². The molecule has 2 aliphatic rings. The first-order valence-electron chi connectivity index (χ1n) is 10.5. The van der Waals surface area contributed by atoms with Crippen LogP contribution in [0.25, 0.3) is 6.08 Å². The number of cyclic esters (lactones) is 1. The molecule has 0 radical (unpaired) electrons. The SMILES string of the molecule is O=C(/C=C/c1ccc(F)cc1)NC[C@H]1CN(c2ccc(N3CCS(=O)CC3)c(F)c2)C(=O)O1. The normalized spacial score (nSPS) is 19.2. The number of amides is 2.